The number of hydrogen-bond acceptors (Lipinski definition) is 6. The summed E-state index contributed by atoms with van der Waals surface area (Å²) < 4.78 is 10.8. The Bertz CT molecular complexity index is 1130. The van der Waals surface area contributed by atoms with E-state index in [1.54, 1.807) is 55.7 Å². The Morgan fingerprint density at radius 2 is 2.07 bits per heavy atom. The number of Topliss-reactive ketones (excluding diaryl/α,β-unsaturated/α-hetero) is 1. The molecule has 0 unspecified atom stereocenters. The Labute approximate surface area is 173 Å². The van der Waals surface area contributed by atoms with Crippen LogP contribution in [0.4, 0.5) is 0 Å². The van der Waals surface area contributed by atoms with Crippen LogP contribution in [0.1, 0.15) is 33.5 Å². The SMILES string of the molecule is COc1cccc([C@@H]2C(C(=O)c3ccc(C)o3)=C(O)C(=O)N2Cc2cccnc2)c1. The van der Waals surface area contributed by atoms with Crippen LogP contribution in [-0.2, 0) is 11.3 Å². The number of aliphatic hydroxyl groups is 1. The Morgan fingerprint density at radius 3 is 2.73 bits per heavy atom. The number of nitrogens with zero attached hydrogens (tertiary/aromatic N) is 2. The number of aryl methyl sites for hydroxylation is 1. The zero-order valence-electron chi connectivity index (χ0n) is 16.5. The monoisotopic (exact) mass is 404 g/mol. The number of hydrogen-bond donors (Lipinski definition) is 1. The second kappa shape index (κ2) is 7.87. The third-order valence-electron chi connectivity index (χ3n) is 5.00. The molecule has 0 bridgehead atoms. The first-order valence-electron chi connectivity index (χ1n) is 9.37. The molecule has 0 spiro atoms. The number of pyridine rings is 1. The maximum absolute atomic E-state index is 13.2. The summed E-state index contributed by atoms with van der Waals surface area (Å²) in [6, 6.07) is 13.1. The van der Waals surface area contributed by atoms with Crippen molar-refractivity contribution in [1.29, 1.82) is 0 Å². The smallest absolute Gasteiger partial charge is 0.290 e. The third-order valence-corrected chi connectivity index (χ3v) is 5.00. The van der Waals surface area contributed by atoms with Crippen LogP contribution in [0.5, 0.6) is 5.75 Å². The van der Waals surface area contributed by atoms with Gasteiger partial charge in [-0.1, -0.05) is 18.2 Å². The Morgan fingerprint density at radius 1 is 1.23 bits per heavy atom. The lowest BCUT2D eigenvalue weighted by Crippen LogP contribution is -2.30. The Hall–Kier alpha value is -3.87. The number of ketones is 1. The van der Waals surface area contributed by atoms with Crippen molar-refractivity contribution in [2.45, 2.75) is 19.5 Å². The molecular formula is C23H20N2O5. The molecule has 1 aliphatic rings. The van der Waals surface area contributed by atoms with Gasteiger partial charge in [-0.25, -0.2) is 0 Å². The molecule has 0 saturated heterocycles. The van der Waals surface area contributed by atoms with Gasteiger partial charge < -0.3 is 19.2 Å². The molecule has 7 heteroatoms. The maximum atomic E-state index is 13.2. The first-order valence-corrected chi connectivity index (χ1v) is 9.37. The number of aromatic nitrogens is 1. The van der Waals surface area contributed by atoms with Gasteiger partial charge in [0.25, 0.3) is 5.91 Å². The standard InChI is InChI=1S/C23H20N2O5/c1-14-8-9-18(30-14)21(26)19-20(16-6-3-7-17(11-16)29-2)25(23(28)22(19)27)13-15-5-4-10-24-12-15/h3-12,20,27H,13H2,1-2H3/t20-/m1/s1. The lowest BCUT2D eigenvalue weighted by atomic mass is 9.94. The molecule has 0 saturated carbocycles. The first-order chi connectivity index (χ1) is 14.5. The van der Waals surface area contributed by atoms with Crippen LogP contribution in [0.2, 0.25) is 0 Å². The highest BCUT2D eigenvalue weighted by atomic mass is 16.5. The van der Waals surface area contributed by atoms with Crippen molar-refractivity contribution >= 4 is 11.7 Å². The van der Waals surface area contributed by atoms with Crippen molar-refractivity contribution in [3.8, 4) is 5.75 Å². The van der Waals surface area contributed by atoms with Crippen molar-refractivity contribution < 1.29 is 23.8 Å². The Kier molecular flexibility index (Phi) is 5.10. The van der Waals surface area contributed by atoms with E-state index in [4.69, 9.17) is 9.15 Å². The van der Waals surface area contributed by atoms with Gasteiger partial charge in [0, 0.05) is 18.9 Å². The van der Waals surface area contributed by atoms with Gasteiger partial charge in [-0.3, -0.25) is 14.6 Å². The van der Waals surface area contributed by atoms with Gasteiger partial charge in [0.1, 0.15) is 11.5 Å². The van der Waals surface area contributed by atoms with Gasteiger partial charge in [-0.05, 0) is 48.4 Å². The average molecular weight is 404 g/mol. The first kappa shape index (κ1) is 19.4. The topological polar surface area (TPSA) is 92.9 Å². The van der Waals surface area contributed by atoms with Crippen molar-refractivity contribution in [2.24, 2.45) is 0 Å². The van der Waals surface area contributed by atoms with E-state index >= 15 is 0 Å². The van der Waals surface area contributed by atoms with Gasteiger partial charge >= 0.3 is 0 Å². The van der Waals surface area contributed by atoms with Crippen LogP contribution >= 0.6 is 0 Å². The van der Waals surface area contributed by atoms with Crippen molar-refractivity contribution in [2.75, 3.05) is 7.11 Å². The average Bonchev–Trinajstić information content (AvgIpc) is 3.31. The molecule has 0 radical (unpaired) electrons. The predicted octanol–water partition coefficient (Wildman–Crippen LogP) is 3.77. The van der Waals surface area contributed by atoms with Gasteiger partial charge in [0.2, 0.25) is 5.78 Å². The molecule has 152 valence electrons. The summed E-state index contributed by atoms with van der Waals surface area (Å²) in [5.74, 6) is -0.529. The normalized spacial score (nSPS) is 16.3. The Balaban J connectivity index is 1.81. The number of methoxy groups -OCH3 is 1. The lowest BCUT2D eigenvalue weighted by Gasteiger charge is -2.27. The largest absolute Gasteiger partial charge is 0.503 e. The molecule has 7 nitrogen and oxygen atoms in total. The number of aliphatic hydroxyl groups excluding tert-OH is 1. The zero-order valence-corrected chi connectivity index (χ0v) is 16.5. The van der Waals surface area contributed by atoms with Crippen LogP contribution in [0.15, 0.2) is 76.7 Å². The molecule has 0 fully saturated rings. The van der Waals surface area contributed by atoms with Crippen LogP contribution in [0.3, 0.4) is 0 Å². The van der Waals surface area contributed by atoms with Crippen molar-refractivity contribution in [3.63, 3.8) is 0 Å². The third kappa shape index (κ3) is 3.45. The minimum absolute atomic E-state index is 0.0218. The van der Waals surface area contributed by atoms with E-state index in [2.05, 4.69) is 4.98 Å². The lowest BCUT2D eigenvalue weighted by molar-refractivity contribution is -0.130. The van der Waals surface area contributed by atoms with Crippen molar-refractivity contribution in [1.82, 2.24) is 9.88 Å². The fourth-order valence-electron chi connectivity index (χ4n) is 3.58. The van der Waals surface area contributed by atoms with E-state index in [-0.39, 0.29) is 17.9 Å². The van der Waals surface area contributed by atoms with Crippen LogP contribution in [0.25, 0.3) is 0 Å². The number of carbonyl (C=O) groups is 2. The summed E-state index contributed by atoms with van der Waals surface area (Å²) in [6.07, 6.45) is 3.28. The van der Waals surface area contributed by atoms with Crippen LogP contribution in [0, 0.1) is 6.92 Å². The second-order valence-electron chi connectivity index (χ2n) is 6.98. The molecule has 30 heavy (non-hydrogen) atoms. The summed E-state index contributed by atoms with van der Waals surface area (Å²) >= 11 is 0. The van der Waals surface area contributed by atoms with E-state index < -0.39 is 23.5 Å². The van der Waals surface area contributed by atoms with Crippen LogP contribution in [-0.4, -0.2) is 33.8 Å². The predicted molar refractivity (Wildman–Crippen MR) is 108 cm³/mol. The number of furan rings is 1. The number of ether oxygens (including phenoxy) is 1. The fraction of sp³-hybridized carbons (Fsp3) is 0.174. The fourth-order valence-corrected chi connectivity index (χ4v) is 3.58. The van der Waals surface area contributed by atoms with E-state index in [1.165, 1.54) is 18.1 Å². The summed E-state index contributed by atoms with van der Waals surface area (Å²) in [5.41, 5.74) is 1.39. The molecule has 1 aromatic carbocycles. The summed E-state index contributed by atoms with van der Waals surface area (Å²) in [5, 5.41) is 10.7. The number of rotatable bonds is 6. The van der Waals surface area contributed by atoms with Gasteiger partial charge in [-0.15, -0.1) is 0 Å². The summed E-state index contributed by atoms with van der Waals surface area (Å²) in [6.45, 7) is 1.89. The molecule has 1 amide bonds. The van der Waals surface area contributed by atoms with Crippen molar-refractivity contribution in [3.05, 3.63) is 94.9 Å². The minimum atomic E-state index is -0.800. The van der Waals surface area contributed by atoms with Gasteiger partial charge in [-0.2, -0.15) is 0 Å². The summed E-state index contributed by atoms with van der Waals surface area (Å²) in [4.78, 5) is 31.7. The molecule has 2 aromatic heterocycles. The van der Waals surface area contributed by atoms with Crippen LogP contribution < -0.4 is 4.74 Å². The number of benzene rings is 1. The minimum Gasteiger partial charge on any atom is -0.503 e. The molecule has 1 aliphatic heterocycles. The molecule has 4 rings (SSSR count). The zero-order chi connectivity index (χ0) is 21.3. The maximum Gasteiger partial charge on any atom is 0.290 e. The number of amides is 1. The van der Waals surface area contributed by atoms with E-state index in [1.807, 2.05) is 6.07 Å². The molecule has 1 atom stereocenters. The highest BCUT2D eigenvalue weighted by molar-refractivity contribution is 6.15. The molecule has 0 aliphatic carbocycles. The molecule has 3 aromatic rings. The highest BCUT2D eigenvalue weighted by Crippen LogP contribution is 2.40. The molecule has 1 N–H and O–H groups in total. The highest BCUT2D eigenvalue weighted by Gasteiger charge is 2.44. The van der Waals surface area contributed by atoms with Gasteiger partial charge in [0.15, 0.2) is 11.5 Å². The van der Waals surface area contributed by atoms with E-state index in [9.17, 15) is 14.7 Å². The molecular weight excluding hydrogens is 384 g/mol. The van der Waals surface area contributed by atoms with E-state index in [0.29, 0.717) is 17.1 Å². The van der Waals surface area contributed by atoms with E-state index in [0.717, 1.165) is 5.56 Å². The van der Waals surface area contributed by atoms with Gasteiger partial charge in [0.05, 0.1) is 18.7 Å². The number of carbonyl (C=O) groups excluding carboxylic acids is 2. The quantitative estimate of drug-likeness (QED) is 0.629. The molecule has 3 heterocycles. The summed E-state index contributed by atoms with van der Waals surface area (Å²) in [7, 11) is 1.54. The second-order valence-corrected chi connectivity index (χ2v) is 6.98.